The lowest BCUT2D eigenvalue weighted by Gasteiger charge is -2.20. The highest BCUT2D eigenvalue weighted by Gasteiger charge is 2.28. The van der Waals surface area contributed by atoms with Gasteiger partial charge in [0.05, 0.1) is 12.7 Å². The number of hydrogen-bond acceptors (Lipinski definition) is 6. The second kappa shape index (κ2) is 9.88. The van der Waals surface area contributed by atoms with Crippen LogP contribution >= 0.6 is 0 Å². The summed E-state index contributed by atoms with van der Waals surface area (Å²) in [6.07, 6.45) is 4.83. The van der Waals surface area contributed by atoms with Gasteiger partial charge in [-0.1, -0.05) is 12.8 Å². The summed E-state index contributed by atoms with van der Waals surface area (Å²) in [7, 11) is -2.65. The molecule has 0 unspecified atom stereocenters. The van der Waals surface area contributed by atoms with Crippen LogP contribution in [0.25, 0.3) is 0 Å². The van der Waals surface area contributed by atoms with Crippen LogP contribution < -0.4 is 10.9 Å². The Kier molecular flexibility index (Phi) is 7.24. The number of benzene rings is 1. The van der Waals surface area contributed by atoms with Gasteiger partial charge in [0, 0.05) is 25.0 Å². The molecule has 1 aromatic carbocycles. The Balaban J connectivity index is 1.74. The van der Waals surface area contributed by atoms with E-state index in [1.165, 1.54) is 54.0 Å². The van der Waals surface area contributed by atoms with E-state index in [0.29, 0.717) is 24.3 Å². The molecule has 166 valence electrons. The van der Waals surface area contributed by atoms with Crippen molar-refractivity contribution in [3.63, 3.8) is 0 Å². The fourth-order valence-electron chi connectivity index (χ4n) is 3.42. The molecule has 0 aliphatic carbocycles. The number of carbonyl (C=O) groups is 2. The molecule has 2 aromatic rings. The number of esters is 1. The maximum atomic E-state index is 13.0. The van der Waals surface area contributed by atoms with Crippen LogP contribution in [0.15, 0.2) is 52.3 Å². The molecular weight excluding hydrogens is 422 g/mol. The van der Waals surface area contributed by atoms with E-state index in [1.807, 2.05) is 0 Å². The molecule has 0 atom stereocenters. The van der Waals surface area contributed by atoms with Crippen molar-refractivity contribution < 1.29 is 22.7 Å². The number of nitrogens with zero attached hydrogens (tertiary/aromatic N) is 2. The van der Waals surface area contributed by atoms with Gasteiger partial charge in [-0.2, -0.15) is 4.31 Å². The molecule has 1 N–H and O–H groups in total. The maximum Gasteiger partial charge on any atom is 0.337 e. The Morgan fingerprint density at radius 1 is 1.03 bits per heavy atom. The number of pyridine rings is 1. The van der Waals surface area contributed by atoms with Crippen LogP contribution in [0, 0.1) is 0 Å². The Labute approximate surface area is 180 Å². The SMILES string of the molecule is COC(=O)c1ccc(NC(=O)Cn2cccc(S(=O)(=O)N3CCCCCC3)c2=O)cc1. The minimum absolute atomic E-state index is 0.327. The predicted molar refractivity (Wildman–Crippen MR) is 114 cm³/mol. The topological polar surface area (TPSA) is 115 Å². The first-order chi connectivity index (χ1) is 14.8. The monoisotopic (exact) mass is 447 g/mol. The average molecular weight is 448 g/mol. The number of aromatic nitrogens is 1. The first-order valence-corrected chi connectivity index (χ1v) is 11.4. The molecule has 0 spiro atoms. The molecule has 3 rings (SSSR count). The number of amides is 1. The third-order valence-electron chi connectivity index (χ3n) is 5.07. The van der Waals surface area contributed by atoms with Crippen molar-refractivity contribution in [1.82, 2.24) is 8.87 Å². The summed E-state index contributed by atoms with van der Waals surface area (Å²) in [6.45, 7) is 0.429. The molecule has 0 bridgehead atoms. The molecule has 1 aromatic heterocycles. The highest BCUT2D eigenvalue weighted by Crippen LogP contribution is 2.18. The summed E-state index contributed by atoms with van der Waals surface area (Å²) in [5.41, 5.74) is 0.0325. The average Bonchev–Trinajstić information content (AvgIpc) is 3.05. The summed E-state index contributed by atoms with van der Waals surface area (Å²) in [5, 5.41) is 2.62. The Morgan fingerprint density at radius 3 is 2.29 bits per heavy atom. The zero-order valence-corrected chi connectivity index (χ0v) is 18.1. The summed E-state index contributed by atoms with van der Waals surface area (Å²) < 4.78 is 33.0. The molecule has 0 saturated carbocycles. The fourth-order valence-corrected chi connectivity index (χ4v) is 5.03. The van der Waals surface area contributed by atoms with E-state index in [4.69, 9.17) is 0 Å². The van der Waals surface area contributed by atoms with Gasteiger partial charge in [0.1, 0.15) is 11.4 Å². The van der Waals surface area contributed by atoms with E-state index >= 15 is 0 Å². The number of sulfonamides is 1. The summed E-state index contributed by atoms with van der Waals surface area (Å²) in [4.78, 5) is 36.4. The van der Waals surface area contributed by atoms with E-state index < -0.39 is 27.5 Å². The molecule has 9 nitrogen and oxygen atoms in total. The first kappa shape index (κ1) is 22.7. The summed E-state index contributed by atoms with van der Waals surface area (Å²) in [6, 6.07) is 8.80. The summed E-state index contributed by atoms with van der Waals surface area (Å²) >= 11 is 0. The maximum absolute atomic E-state index is 13.0. The van der Waals surface area contributed by atoms with Crippen molar-refractivity contribution >= 4 is 27.6 Å². The van der Waals surface area contributed by atoms with Crippen molar-refractivity contribution in [3.05, 3.63) is 58.5 Å². The normalized spacial score (nSPS) is 15.1. The molecule has 1 aliphatic rings. The van der Waals surface area contributed by atoms with E-state index in [0.717, 1.165) is 30.3 Å². The number of ether oxygens (including phenoxy) is 1. The van der Waals surface area contributed by atoms with E-state index in [-0.39, 0.29) is 11.4 Å². The number of methoxy groups -OCH3 is 1. The van der Waals surface area contributed by atoms with Crippen LogP contribution in [0.3, 0.4) is 0 Å². The van der Waals surface area contributed by atoms with Crippen LogP contribution in [0.5, 0.6) is 0 Å². The first-order valence-electron chi connectivity index (χ1n) is 10.0. The van der Waals surface area contributed by atoms with Gasteiger partial charge in [-0.05, 0) is 49.2 Å². The summed E-state index contributed by atoms with van der Waals surface area (Å²) in [5.74, 6) is -0.996. The molecule has 10 heteroatoms. The van der Waals surface area contributed by atoms with Crippen LogP contribution in [0.1, 0.15) is 36.0 Å². The Hall–Kier alpha value is -2.98. The third kappa shape index (κ3) is 5.39. The quantitative estimate of drug-likeness (QED) is 0.676. The zero-order chi connectivity index (χ0) is 22.4. The van der Waals surface area contributed by atoms with Gasteiger partial charge in [-0.3, -0.25) is 9.59 Å². The molecule has 2 heterocycles. The van der Waals surface area contributed by atoms with Crippen LogP contribution in [-0.2, 0) is 26.1 Å². The van der Waals surface area contributed by atoms with E-state index in [9.17, 15) is 22.8 Å². The van der Waals surface area contributed by atoms with Crippen molar-refractivity contribution in [2.24, 2.45) is 0 Å². The lowest BCUT2D eigenvalue weighted by atomic mass is 10.2. The molecule has 1 fully saturated rings. The Morgan fingerprint density at radius 2 is 1.68 bits per heavy atom. The number of nitrogens with one attached hydrogen (secondary N) is 1. The second-order valence-corrected chi connectivity index (χ2v) is 9.15. The zero-order valence-electron chi connectivity index (χ0n) is 17.2. The van der Waals surface area contributed by atoms with Gasteiger partial charge in [-0.25, -0.2) is 13.2 Å². The van der Waals surface area contributed by atoms with E-state index in [2.05, 4.69) is 10.1 Å². The highest BCUT2D eigenvalue weighted by atomic mass is 32.2. The third-order valence-corrected chi connectivity index (χ3v) is 6.98. The van der Waals surface area contributed by atoms with Gasteiger partial charge in [0.2, 0.25) is 15.9 Å². The highest BCUT2D eigenvalue weighted by molar-refractivity contribution is 7.89. The molecule has 1 saturated heterocycles. The largest absolute Gasteiger partial charge is 0.465 e. The molecule has 1 amide bonds. The molecule has 31 heavy (non-hydrogen) atoms. The molecule has 1 aliphatic heterocycles. The van der Waals surface area contributed by atoms with Gasteiger partial charge in [0.15, 0.2) is 0 Å². The van der Waals surface area contributed by atoms with E-state index in [1.54, 1.807) is 0 Å². The van der Waals surface area contributed by atoms with Crippen molar-refractivity contribution in [2.75, 3.05) is 25.5 Å². The Bertz CT molecular complexity index is 1100. The number of rotatable bonds is 6. The number of anilines is 1. The predicted octanol–water partition coefficient (Wildman–Crippen LogP) is 1.84. The minimum Gasteiger partial charge on any atom is -0.465 e. The standard InChI is InChI=1S/C21H25N3O6S/c1-30-21(27)16-8-10-17(11-9-16)22-19(25)15-23-12-6-7-18(20(23)26)31(28,29)24-13-4-2-3-5-14-24/h6-12H,2-5,13-15H2,1H3,(H,22,25). The van der Waals surface area contributed by atoms with Gasteiger partial charge >= 0.3 is 5.97 Å². The van der Waals surface area contributed by atoms with Crippen LogP contribution in [0.2, 0.25) is 0 Å². The second-order valence-electron chi connectivity index (χ2n) is 7.24. The lowest BCUT2D eigenvalue weighted by molar-refractivity contribution is -0.116. The van der Waals surface area contributed by atoms with Crippen molar-refractivity contribution in [2.45, 2.75) is 37.1 Å². The number of hydrogen-bond donors (Lipinski definition) is 1. The minimum atomic E-state index is -3.92. The molecular formula is C21H25N3O6S. The smallest absolute Gasteiger partial charge is 0.337 e. The van der Waals surface area contributed by atoms with Gasteiger partial charge in [0.25, 0.3) is 5.56 Å². The van der Waals surface area contributed by atoms with Crippen LogP contribution in [0.4, 0.5) is 5.69 Å². The molecule has 0 radical (unpaired) electrons. The fraction of sp³-hybridized carbons (Fsp3) is 0.381. The van der Waals surface area contributed by atoms with Gasteiger partial charge in [-0.15, -0.1) is 0 Å². The van der Waals surface area contributed by atoms with Gasteiger partial charge < -0.3 is 14.6 Å². The van der Waals surface area contributed by atoms with Crippen LogP contribution in [-0.4, -0.2) is 49.4 Å². The van der Waals surface area contributed by atoms with Crippen molar-refractivity contribution in [3.8, 4) is 0 Å². The lowest BCUT2D eigenvalue weighted by Crippen LogP contribution is -2.37. The number of carbonyl (C=O) groups excluding carboxylic acids is 2. The van der Waals surface area contributed by atoms with Crippen molar-refractivity contribution in [1.29, 1.82) is 0 Å².